The Kier molecular flexibility index (Phi) is 4.59. The first-order chi connectivity index (χ1) is 8.69. The molecule has 1 aliphatic rings. The lowest BCUT2D eigenvalue weighted by Crippen LogP contribution is -2.31. The molecule has 2 rings (SSSR count). The van der Waals surface area contributed by atoms with Gasteiger partial charge >= 0.3 is 0 Å². The summed E-state index contributed by atoms with van der Waals surface area (Å²) in [5.41, 5.74) is 9.23. The van der Waals surface area contributed by atoms with Crippen molar-refractivity contribution >= 4 is 5.69 Å². The molecule has 1 fully saturated rings. The van der Waals surface area contributed by atoms with Gasteiger partial charge in [0, 0.05) is 23.6 Å². The number of nitrogens with one attached hydrogen (secondary N) is 1. The van der Waals surface area contributed by atoms with Crippen molar-refractivity contribution < 1.29 is 0 Å². The van der Waals surface area contributed by atoms with Crippen LogP contribution in [-0.2, 0) is 0 Å². The number of aromatic nitrogens is 1. The standard InChI is InChI=1S/C15H25N3/c1-11-7-15(8-12(2)18-11)17-10-14-6-4-3-5-13(14)9-16/h7-8,13-14H,3-6,9-10,16H2,1-2H3,(H,17,18). The van der Waals surface area contributed by atoms with E-state index in [2.05, 4.69) is 22.4 Å². The highest BCUT2D eigenvalue weighted by Crippen LogP contribution is 2.29. The molecule has 0 radical (unpaired) electrons. The monoisotopic (exact) mass is 247 g/mol. The summed E-state index contributed by atoms with van der Waals surface area (Å²) in [6.45, 7) is 5.97. The summed E-state index contributed by atoms with van der Waals surface area (Å²) >= 11 is 0. The largest absolute Gasteiger partial charge is 0.385 e. The minimum Gasteiger partial charge on any atom is -0.385 e. The highest BCUT2D eigenvalue weighted by molar-refractivity contribution is 5.45. The molecule has 18 heavy (non-hydrogen) atoms. The topological polar surface area (TPSA) is 50.9 Å². The third-order valence-corrected chi connectivity index (χ3v) is 4.02. The van der Waals surface area contributed by atoms with Crippen LogP contribution in [0.4, 0.5) is 5.69 Å². The normalized spacial score (nSPS) is 23.9. The number of hydrogen-bond donors (Lipinski definition) is 2. The summed E-state index contributed by atoms with van der Waals surface area (Å²) in [7, 11) is 0. The zero-order valence-corrected chi connectivity index (χ0v) is 11.6. The van der Waals surface area contributed by atoms with Crippen LogP contribution in [0.25, 0.3) is 0 Å². The van der Waals surface area contributed by atoms with Crippen LogP contribution in [0.2, 0.25) is 0 Å². The molecule has 1 aliphatic carbocycles. The Morgan fingerprint density at radius 3 is 2.39 bits per heavy atom. The molecule has 2 unspecified atom stereocenters. The first-order valence-electron chi connectivity index (χ1n) is 7.08. The molecule has 0 aromatic carbocycles. The SMILES string of the molecule is Cc1cc(NCC2CCCCC2CN)cc(C)n1. The maximum absolute atomic E-state index is 5.87. The number of rotatable bonds is 4. The van der Waals surface area contributed by atoms with Crippen molar-refractivity contribution in [2.45, 2.75) is 39.5 Å². The molecule has 3 N–H and O–H groups in total. The molecule has 3 nitrogen and oxygen atoms in total. The van der Waals surface area contributed by atoms with Gasteiger partial charge in [0.1, 0.15) is 0 Å². The fourth-order valence-electron chi connectivity index (χ4n) is 3.05. The van der Waals surface area contributed by atoms with E-state index < -0.39 is 0 Å². The van der Waals surface area contributed by atoms with Gasteiger partial charge < -0.3 is 11.1 Å². The van der Waals surface area contributed by atoms with Gasteiger partial charge in [0.05, 0.1) is 0 Å². The highest BCUT2D eigenvalue weighted by atomic mass is 14.9. The maximum atomic E-state index is 5.87. The van der Waals surface area contributed by atoms with Crippen LogP contribution in [0.1, 0.15) is 37.1 Å². The third kappa shape index (κ3) is 3.45. The number of nitrogens with two attached hydrogens (primary N) is 1. The smallest absolute Gasteiger partial charge is 0.0396 e. The van der Waals surface area contributed by atoms with Gasteiger partial charge in [0.2, 0.25) is 0 Å². The Morgan fingerprint density at radius 2 is 1.78 bits per heavy atom. The fourth-order valence-corrected chi connectivity index (χ4v) is 3.05. The molecule has 0 amide bonds. The van der Waals surface area contributed by atoms with E-state index in [1.807, 2.05) is 13.8 Å². The number of anilines is 1. The van der Waals surface area contributed by atoms with Crippen molar-refractivity contribution in [1.82, 2.24) is 4.98 Å². The Morgan fingerprint density at radius 1 is 1.17 bits per heavy atom. The minimum atomic E-state index is 0.704. The molecule has 0 spiro atoms. The molecule has 1 aromatic rings. The van der Waals surface area contributed by atoms with Crippen molar-refractivity contribution in [3.8, 4) is 0 Å². The molecular formula is C15H25N3. The van der Waals surface area contributed by atoms with Crippen LogP contribution >= 0.6 is 0 Å². The third-order valence-electron chi connectivity index (χ3n) is 4.02. The average molecular weight is 247 g/mol. The van der Waals surface area contributed by atoms with Gasteiger partial charge in [0.15, 0.2) is 0 Å². The first kappa shape index (κ1) is 13.3. The number of pyridine rings is 1. The predicted octanol–water partition coefficient (Wildman–Crippen LogP) is 2.88. The average Bonchev–Trinajstić information content (AvgIpc) is 2.35. The second-order valence-electron chi connectivity index (χ2n) is 5.56. The van der Waals surface area contributed by atoms with Crippen molar-refractivity contribution in [3.63, 3.8) is 0 Å². The van der Waals surface area contributed by atoms with E-state index in [-0.39, 0.29) is 0 Å². The highest BCUT2D eigenvalue weighted by Gasteiger charge is 2.23. The molecule has 3 heteroatoms. The summed E-state index contributed by atoms with van der Waals surface area (Å²) in [6, 6.07) is 4.24. The van der Waals surface area contributed by atoms with Crippen molar-refractivity contribution in [3.05, 3.63) is 23.5 Å². The summed E-state index contributed by atoms with van der Waals surface area (Å²) in [5, 5.41) is 3.56. The minimum absolute atomic E-state index is 0.704. The first-order valence-corrected chi connectivity index (χ1v) is 7.08. The van der Waals surface area contributed by atoms with Gasteiger partial charge in [-0.1, -0.05) is 12.8 Å². The van der Waals surface area contributed by atoms with Crippen LogP contribution in [-0.4, -0.2) is 18.1 Å². The quantitative estimate of drug-likeness (QED) is 0.860. The van der Waals surface area contributed by atoms with E-state index >= 15 is 0 Å². The molecule has 2 atom stereocenters. The van der Waals surface area contributed by atoms with Crippen LogP contribution in [0.5, 0.6) is 0 Å². The van der Waals surface area contributed by atoms with Crippen LogP contribution in [0.3, 0.4) is 0 Å². The van der Waals surface area contributed by atoms with Gasteiger partial charge in [-0.3, -0.25) is 4.98 Å². The van der Waals surface area contributed by atoms with Crippen molar-refractivity contribution in [1.29, 1.82) is 0 Å². The van der Waals surface area contributed by atoms with E-state index in [1.54, 1.807) is 0 Å². The second kappa shape index (κ2) is 6.19. The molecule has 100 valence electrons. The Bertz CT molecular complexity index is 369. The van der Waals surface area contributed by atoms with Gasteiger partial charge in [0.25, 0.3) is 0 Å². The lowest BCUT2D eigenvalue weighted by molar-refractivity contribution is 0.255. The molecular weight excluding hydrogens is 222 g/mol. The van der Waals surface area contributed by atoms with Gasteiger partial charge in [-0.25, -0.2) is 0 Å². The summed E-state index contributed by atoms with van der Waals surface area (Å²) < 4.78 is 0. The molecule has 1 heterocycles. The lowest BCUT2D eigenvalue weighted by atomic mass is 9.79. The van der Waals surface area contributed by atoms with E-state index in [9.17, 15) is 0 Å². The second-order valence-corrected chi connectivity index (χ2v) is 5.56. The Hall–Kier alpha value is -1.09. The molecule has 1 aromatic heterocycles. The van der Waals surface area contributed by atoms with E-state index in [0.29, 0.717) is 5.92 Å². The number of aryl methyl sites for hydroxylation is 2. The van der Waals surface area contributed by atoms with Gasteiger partial charge in [-0.15, -0.1) is 0 Å². The van der Waals surface area contributed by atoms with Gasteiger partial charge in [-0.2, -0.15) is 0 Å². The van der Waals surface area contributed by atoms with Crippen molar-refractivity contribution in [2.24, 2.45) is 17.6 Å². The zero-order valence-electron chi connectivity index (χ0n) is 11.6. The summed E-state index contributed by atoms with van der Waals surface area (Å²) in [5.74, 6) is 1.44. The van der Waals surface area contributed by atoms with Crippen LogP contribution in [0, 0.1) is 25.7 Å². The van der Waals surface area contributed by atoms with Crippen LogP contribution in [0.15, 0.2) is 12.1 Å². The predicted molar refractivity (Wildman–Crippen MR) is 76.7 cm³/mol. The maximum Gasteiger partial charge on any atom is 0.0396 e. The van der Waals surface area contributed by atoms with Crippen molar-refractivity contribution in [2.75, 3.05) is 18.4 Å². The number of hydrogen-bond acceptors (Lipinski definition) is 3. The van der Waals surface area contributed by atoms with Crippen LogP contribution < -0.4 is 11.1 Å². The van der Waals surface area contributed by atoms with Gasteiger partial charge in [-0.05, 0) is 57.2 Å². The summed E-state index contributed by atoms with van der Waals surface area (Å²) in [4.78, 5) is 4.40. The lowest BCUT2D eigenvalue weighted by Gasteiger charge is -2.31. The zero-order chi connectivity index (χ0) is 13.0. The summed E-state index contributed by atoms with van der Waals surface area (Å²) in [6.07, 6.45) is 5.33. The number of nitrogens with zero attached hydrogens (tertiary/aromatic N) is 1. The molecule has 1 saturated carbocycles. The Labute approximate surface area is 110 Å². The van der Waals surface area contributed by atoms with E-state index in [4.69, 9.17) is 5.73 Å². The van der Waals surface area contributed by atoms with E-state index in [0.717, 1.165) is 30.4 Å². The Balaban J connectivity index is 1.93. The van der Waals surface area contributed by atoms with E-state index in [1.165, 1.54) is 31.4 Å². The molecule has 0 saturated heterocycles. The molecule has 0 bridgehead atoms. The fraction of sp³-hybridized carbons (Fsp3) is 0.667. The molecule has 0 aliphatic heterocycles.